The maximum absolute atomic E-state index is 9.70. The molecule has 3 nitrogen and oxygen atoms in total. The third kappa shape index (κ3) is 3.53. The van der Waals surface area contributed by atoms with Crippen LogP contribution in [0.1, 0.15) is 32.3 Å². The highest BCUT2D eigenvalue weighted by atomic mass is 35.5. The minimum atomic E-state index is -0.0657. The number of hydrogen-bond acceptors (Lipinski definition) is 3. The molecule has 1 saturated heterocycles. The van der Waals surface area contributed by atoms with Gasteiger partial charge >= 0.3 is 0 Å². The molecular weight excluding hydrogens is 286 g/mol. The SMILES string of the molecule is CC(C)Oc1ccc(CN2C[C@H]3CC(O)C[C@H]3C2)cc1Cl. The van der Waals surface area contributed by atoms with Crippen molar-refractivity contribution in [1.82, 2.24) is 4.90 Å². The van der Waals surface area contributed by atoms with E-state index >= 15 is 0 Å². The van der Waals surface area contributed by atoms with E-state index in [0.29, 0.717) is 16.9 Å². The van der Waals surface area contributed by atoms with Crippen molar-refractivity contribution >= 4 is 11.6 Å². The van der Waals surface area contributed by atoms with Gasteiger partial charge in [0.05, 0.1) is 17.2 Å². The van der Waals surface area contributed by atoms with E-state index < -0.39 is 0 Å². The van der Waals surface area contributed by atoms with Crippen LogP contribution in [0.3, 0.4) is 0 Å². The largest absolute Gasteiger partial charge is 0.489 e. The average molecular weight is 310 g/mol. The van der Waals surface area contributed by atoms with Crippen LogP contribution >= 0.6 is 11.6 Å². The van der Waals surface area contributed by atoms with Crippen molar-refractivity contribution in [2.24, 2.45) is 11.8 Å². The van der Waals surface area contributed by atoms with E-state index in [1.54, 1.807) is 0 Å². The molecule has 0 radical (unpaired) electrons. The first-order valence-electron chi connectivity index (χ1n) is 7.86. The van der Waals surface area contributed by atoms with Gasteiger partial charge in [-0.2, -0.15) is 0 Å². The molecule has 21 heavy (non-hydrogen) atoms. The first kappa shape index (κ1) is 15.1. The molecule has 1 heterocycles. The first-order valence-corrected chi connectivity index (χ1v) is 8.24. The van der Waals surface area contributed by atoms with E-state index in [1.165, 1.54) is 5.56 Å². The molecule has 1 aliphatic heterocycles. The summed E-state index contributed by atoms with van der Waals surface area (Å²) in [7, 11) is 0. The highest BCUT2D eigenvalue weighted by molar-refractivity contribution is 6.32. The summed E-state index contributed by atoms with van der Waals surface area (Å²) in [6, 6.07) is 6.09. The van der Waals surface area contributed by atoms with Gasteiger partial charge in [-0.3, -0.25) is 4.90 Å². The van der Waals surface area contributed by atoms with Gasteiger partial charge in [-0.15, -0.1) is 0 Å². The van der Waals surface area contributed by atoms with Crippen LogP contribution in [0, 0.1) is 11.8 Å². The van der Waals surface area contributed by atoms with Gasteiger partial charge in [-0.1, -0.05) is 17.7 Å². The molecule has 1 aromatic carbocycles. The van der Waals surface area contributed by atoms with E-state index in [0.717, 1.165) is 38.2 Å². The Bertz CT molecular complexity index is 492. The summed E-state index contributed by atoms with van der Waals surface area (Å²) in [4.78, 5) is 2.48. The Morgan fingerprint density at radius 2 is 1.95 bits per heavy atom. The Balaban J connectivity index is 1.60. The summed E-state index contributed by atoms with van der Waals surface area (Å²) in [6.07, 6.45) is 2.02. The summed E-state index contributed by atoms with van der Waals surface area (Å²) in [5.41, 5.74) is 1.23. The Labute approximate surface area is 131 Å². The van der Waals surface area contributed by atoms with Gasteiger partial charge in [0.15, 0.2) is 0 Å². The maximum atomic E-state index is 9.70. The number of halogens is 1. The number of ether oxygens (including phenoxy) is 1. The van der Waals surface area contributed by atoms with Crippen LogP contribution in [0.4, 0.5) is 0 Å². The fourth-order valence-corrected chi connectivity index (χ4v) is 3.99. The van der Waals surface area contributed by atoms with E-state index in [2.05, 4.69) is 11.0 Å². The second-order valence-corrected chi connectivity index (χ2v) is 7.18. The molecular formula is C17H24ClNO2. The van der Waals surface area contributed by atoms with E-state index in [-0.39, 0.29) is 12.2 Å². The average Bonchev–Trinajstić information content (AvgIpc) is 2.88. The van der Waals surface area contributed by atoms with Crippen molar-refractivity contribution in [3.05, 3.63) is 28.8 Å². The number of likely N-dealkylation sites (tertiary alicyclic amines) is 1. The molecule has 1 aliphatic carbocycles. The highest BCUT2D eigenvalue weighted by Gasteiger charge is 2.39. The van der Waals surface area contributed by atoms with Crippen molar-refractivity contribution in [2.45, 2.75) is 45.4 Å². The Morgan fingerprint density at radius 1 is 1.29 bits per heavy atom. The Kier molecular flexibility index (Phi) is 4.43. The molecule has 1 N–H and O–H groups in total. The molecule has 2 aliphatic rings. The fraction of sp³-hybridized carbons (Fsp3) is 0.647. The van der Waals surface area contributed by atoms with Crippen molar-refractivity contribution in [3.8, 4) is 5.75 Å². The summed E-state index contributed by atoms with van der Waals surface area (Å²) in [5.74, 6) is 2.12. The summed E-state index contributed by atoms with van der Waals surface area (Å²) in [6.45, 7) is 7.14. The Morgan fingerprint density at radius 3 is 2.52 bits per heavy atom. The number of benzene rings is 1. The lowest BCUT2D eigenvalue weighted by atomic mass is 10.0. The van der Waals surface area contributed by atoms with Gasteiger partial charge in [0.2, 0.25) is 0 Å². The number of hydrogen-bond donors (Lipinski definition) is 1. The molecule has 0 bridgehead atoms. The number of aliphatic hydroxyl groups is 1. The lowest BCUT2D eigenvalue weighted by molar-refractivity contribution is 0.161. The van der Waals surface area contributed by atoms with E-state index in [1.807, 2.05) is 26.0 Å². The van der Waals surface area contributed by atoms with Crippen molar-refractivity contribution in [1.29, 1.82) is 0 Å². The predicted octanol–water partition coefficient (Wildman–Crippen LogP) is 3.33. The van der Waals surface area contributed by atoms with Crippen molar-refractivity contribution in [3.63, 3.8) is 0 Å². The number of rotatable bonds is 4. The zero-order valence-electron chi connectivity index (χ0n) is 12.8. The smallest absolute Gasteiger partial charge is 0.138 e. The predicted molar refractivity (Wildman–Crippen MR) is 84.7 cm³/mol. The van der Waals surface area contributed by atoms with E-state index in [9.17, 15) is 5.11 Å². The molecule has 0 spiro atoms. The van der Waals surface area contributed by atoms with Crippen LogP contribution < -0.4 is 4.74 Å². The zero-order chi connectivity index (χ0) is 15.0. The standard InChI is InChI=1S/C17H24ClNO2/c1-11(2)21-17-4-3-12(5-16(17)18)8-19-9-13-6-15(20)7-14(13)10-19/h3-5,11,13-15,20H,6-10H2,1-2H3/t13-,14+,15?. The monoisotopic (exact) mass is 309 g/mol. The summed E-state index contributed by atoms with van der Waals surface area (Å²) < 4.78 is 5.67. The normalized spacial score (nSPS) is 29.1. The topological polar surface area (TPSA) is 32.7 Å². The van der Waals surface area contributed by atoms with Crippen LogP contribution in [0.25, 0.3) is 0 Å². The Hall–Kier alpha value is -0.770. The van der Waals surface area contributed by atoms with Gasteiger partial charge < -0.3 is 9.84 Å². The third-order valence-electron chi connectivity index (χ3n) is 4.57. The number of aliphatic hydroxyl groups excluding tert-OH is 1. The van der Waals surface area contributed by atoms with Gasteiger partial charge in [-0.05, 0) is 56.2 Å². The second-order valence-electron chi connectivity index (χ2n) is 6.77. The minimum Gasteiger partial charge on any atom is -0.489 e. The number of nitrogens with zero attached hydrogens (tertiary/aromatic N) is 1. The van der Waals surface area contributed by atoms with Gasteiger partial charge in [0.25, 0.3) is 0 Å². The van der Waals surface area contributed by atoms with Crippen LogP contribution in [-0.4, -0.2) is 35.3 Å². The summed E-state index contributed by atoms with van der Waals surface area (Å²) >= 11 is 6.30. The molecule has 3 atom stereocenters. The van der Waals surface area contributed by atoms with Crippen LogP contribution in [0.2, 0.25) is 5.02 Å². The molecule has 1 unspecified atom stereocenters. The quantitative estimate of drug-likeness (QED) is 0.926. The fourth-order valence-electron chi connectivity index (χ4n) is 3.74. The molecule has 2 fully saturated rings. The minimum absolute atomic E-state index is 0.0657. The molecule has 1 aromatic rings. The second kappa shape index (κ2) is 6.15. The zero-order valence-corrected chi connectivity index (χ0v) is 13.5. The first-order chi connectivity index (χ1) is 10.0. The lowest BCUT2D eigenvalue weighted by Gasteiger charge is -2.18. The molecule has 1 saturated carbocycles. The highest BCUT2D eigenvalue weighted by Crippen LogP contribution is 2.38. The molecule has 116 valence electrons. The molecule has 4 heteroatoms. The van der Waals surface area contributed by atoms with Crippen LogP contribution in [0.5, 0.6) is 5.75 Å². The molecule has 0 amide bonds. The third-order valence-corrected chi connectivity index (χ3v) is 4.86. The summed E-state index contributed by atoms with van der Waals surface area (Å²) in [5, 5.41) is 10.4. The van der Waals surface area contributed by atoms with Crippen LogP contribution in [0.15, 0.2) is 18.2 Å². The van der Waals surface area contributed by atoms with Gasteiger partial charge in [0, 0.05) is 19.6 Å². The van der Waals surface area contributed by atoms with Gasteiger partial charge in [0.1, 0.15) is 5.75 Å². The maximum Gasteiger partial charge on any atom is 0.138 e. The number of fused-ring (bicyclic) bond motifs is 1. The van der Waals surface area contributed by atoms with Gasteiger partial charge in [-0.25, -0.2) is 0 Å². The molecule has 0 aromatic heterocycles. The van der Waals surface area contributed by atoms with Crippen molar-refractivity contribution < 1.29 is 9.84 Å². The van der Waals surface area contributed by atoms with Crippen molar-refractivity contribution in [2.75, 3.05) is 13.1 Å². The lowest BCUT2D eigenvalue weighted by Crippen LogP contribution is -2.22. The van der Waals surface area contributed by atoms with E-state index in [4.69, 9.17) is 16.3 Å². The van der Waals surface area contributed by atoms with Crippen LogP contribution in [-0.2, 0) is 6.54 Å². The molecule has 3 rings (SSSR count).